The smallest absolute Gasteiger partial charge is 0.206 e. The lowest BCUT2D eigenvalue weighted by molar-refractivity contribution is 0.625. The highest BCUT2D eigenvalue weighted by Crippen LogP contribution is 2.29. The number of hydrogen-bond acceptors (Lipinski definition) is 6. The molecule has 4 aromatic rings. The molecular weight excluding hydrogens is 363 g/mol. The summed E-state index contributed by atoms with van der Waals surface area (Å²) in [5.41, 5.74) is 10.1. The molecule has 2 aromatic carbocycles. The highest BCUT2D eigenvalue weighted by Gasteiger charge is 2.11. The van der Waals surface area contributed by atoms with Crippen molar-refractivity contribution in [1.82, 2.24) is 20.4 Å². The zero-order chi connectivity index (χ0) is 18.8. The van der Waals surface area contributed by atoms with E-state index in [9.17, 15) is 4.39 Å². The fourth-order valence-electron chi connectivity index (χ4n) is 2.90. The molecule has 0 aliphatic rings. The Morgan fingerprint density at radius 2 is 2.00 bits per heavy atom. The van der Waals surface area contributed by atoms with E-state index >= 15 is 0 Å². The molecule has 27 heavy (non-hydrogen) atoms. The van der Waals surface area contributed by atoms with Crippen molar-refractivity contribution in [2.45, 2.75) is 19.4 Å². The number of rotatable bonds is 6. The highest BCUT2D eigenvalue weighted by molar-refractivity contribution is 7.18. The van der Waals surface area contributed by atoms with E-state index in [1.54, 1.807) is 12.1 Å². The number of halogens is 1. The summed E-state index contributed by atoms with van der Waals surface area (Å²) in [5, 5.41) is 21.6. The minimum absolute atomic E-state index is 0.104. The van der Waals surface area contributed by atoms with E-state index in [1.165, 1.54) is 23.5 Å². The highest BCUT2D eigenvalue weighted by atomic mass is 32.1. The zero-order valence-corrected chi connectivity index (χ0v) is 15.6. The first-order valence-electron chi connectivity index (χ1n) is 8.61. The number of aryl methyl sites for hydroxylation is 1. The molecule has 0 aliphatic heterocycles. The van der Waals surface area contributed by atoms with Crippen molar-refractivity contribution in [3.8, 4) is 10.6 Å². The van der Waals surface area contributed by atoms with Crippen LogP contribution < -0.4 is 11.1 Å². The van der Waals surface area contributed by atoms with Crippen molar-refractivity contribution < 1.29 is 4.39 Å². The molecule has 138 valence electrons. The molecule has 0 amide bonds. The third-order valence-electron chi connectivity index (χ3n) is 4.35. The van der Waals surface area contributed by atoms with Crippen LogP contribution in [-0.2, 0) is 6.42 Å². The lowest BCUT2D eigenvalue weighted by atomic mass is 10.1. The summed E-state index contributed by atoms with van der Waals surface area (Å²) in [6.07, 6.45) is 0.662. The summed E-state index contributed by atoms with van der Waals surface area (Å²) in [6, 6.07) is 12.4. The molecule has 0 saturated carbocycles. The minimum Gasteiger partial charge on any atom is -0.359 e. The average Bonchev–Trinajstić information content (AvgIpc) is 3.29. The lowest BCUT2D eigenvalue weighted by Crippen LogP contribution is -2.31. The van der Waals surface area contributed by atoms with Crippen LogP contribution in [-0.4, -0.2) is 33.0 Å². The Hall–Kier alpha value is -2.84. The Balaban J connectivity index is 1.40. The molecule has 0 bridgehead atoms. The molecule has 4 N–H and O–H groups in total. The third-order valence-corrected chi connectivity index (χ3v) is 5.28. The maximum atomic E-state index is 13.0. The number of aromatic amines is 1. The number of fused-ring (bicyclic) bond motifs is 1. The van der Waals surface area contributed by atoms with Gasteiger partial charge in [0.1, 0.15) is 10.8 Å². The normalized spacial score (nSPS) is 12.4. The van der Waals surface area contributed by atoms with Crippen molar-refractivity contribution in [2.24, 2.45) is 5.73 Å². The molecule has 0 radical (unpaired) electrons. The van der Waals surface area contributed by atoms with E-state index in [-0.39, 0.29) is 11.9 Å². The molecule has 0 aliphatic carbocycles. The number of hydrogen-bond donors (Lipinski definition) is 3. The van der Waals surface area contributed by atoms with Crippen LogP contribution in [0.5, 0.6) is 0 Å². The Morgan fingerprint density at radius 1 is 1.19 bits per heavy atom. The van der Waals surface area contributed by atoms with E-state index < -0.39 is 0 Å². The molecule has 2 aromatic heterocycles. The number of H-pyrrole nitrogens is 1. The van der Waals surface area contributed by atoms with Gasteiger partial charge in [0.2, 0.25) is 5.13 Å². The van der Waals surface area contributed by atoms with Gasteiger partial charge >= 0.3 is 0 Å². The molecule has 4 rings (SSSR count). The first kappa shape index (κ1) is 17.6. The molecule has 1 atom stereocenters. The molecule has 2 heterocycles. The summed E-state index contributed by atoms with van der Waals surface area (Å²) in [4.78, 5) is 0. The van der Waals surface area contributed by atoms with Gasteiger partial charge in [-0.05, 0) is 49.2 Å². The second-order valence-corrected chi connectivity index (χ2v) is 7.43. The maximum absolute atomic E-state index is 13.0. The summed E-state index contributed by atoms with van der Waals surface area (Å²) in [7, 11) is 0. The zero-order valence-electron chi connectivity index (χ0n) is 14.7. The van der Waals surface area contributed by atoms with Crippen molar-refractivity contribution >= 4 is 27.4 Å². The van der Waals surface area contributed by atoms with Crippen molar-refractivity contribution in [2.75, 3.05) is 11.9 Å². The number of nitrogens with two attached hydrogens (primary N) is 1. The number of nitrogens with one attached hydrogen (secondary N) is 2. The fraction of sp³-hybridized carbons (Fsp3) is 0.211. The van der Waals surface area contributed by atoms with Gasteiger partial charge in [0, 0.05) is 23.5 Å². The van der Waals surface area contributed by atoms with Gasteiger partial charge in [0.15, 0.2) is 0 Å². The van der Waals surface area contributed by atoms with Gasteiger partial charge in [0.25, 0.3) is 0 Å². The van der Waals surface area contributed by atoms with Crippen LogP contribution in [0.25, 0.3) is 21.5 Å². The van der Waals surface area contributed by atoms with Crippen LogP contribution in [0.1, 0.15) is 11.3 Å². The standard InChI is InChI=1S/C19H19FN6S/c1-11-16-9-13(4-7-17(16)24-23-11)18-25-26-19(27-18)22-10-15(21)8-12-2-5-14(20)6-3-12/h2-7,9,15H,8,10,21H2,1H3,(H,22,26)(H,23,24)/t15-/m0/s1. The monoisotopic (exact) mass is 382 g/mol. The van der Waals surface area contributed by atoms with Gasteiger partial charge in [0.05, 0.1) is 11.2 Å². The minimum atomic E-state index is -0.240. The van der Waals surface area contributed by atoms with Crippen LogP contribution in [0.4, 0.5) is 9.52 Å². The molecule has 0 unspecified atom stereocenters. The first-order valence-corrected chi connectivity index (χ1v) is 9.42. The van der Waals surface area contributed by atoms with Crippen molar-refractivity contribution in [3.05, 3.63) is 59.5 Å². The second kappa shape index (κ2) is 7.42. The molecule has 0 fully saturated rings. The Labute approximate surface area is 159 Å². The van der Waals surface area contributed by atoms with Gasteiger partial charge in [-0.2, -0.15) is 5.10 Å². The van der Waals surface area contributed by atoms with Gasteiger partial charge in [-0.3, -0.25) is 5.10 Å². The summed E-state index contributed by atoms with van der Waals surface area (Å²) in [5.74, 6) is -0.240. The predicted octanol–water partition coefficient (Wildman–Crippen LogP) is 3.51. The van der Waals surface area contributed by atoms with Crippen LogP contribution in [0, 0.1) is 12.7 Å². The van der Waals surface area contributed by atoms with Crippen molar-refractivity contribution in [3.63, 3.8) is 0 Å². The molecular formula is C19H19FN6S. The van der Waals surface area contributed by atoms with Crippen LogP contribution in [0.15, 0.2) is 42.5 Å². The number of aromatic nitrogens is 4. The van der Waals surface area contributed by atoms with Gasteiger partial charge in [-0.25, -0.2) is 4.39 Å². The first-order chi connectivity index (χ1) is 13.1. The largest absolute Gasteiger partial charge is 0.359 e. The Bertz CT molecular complexity index is 1060. The van der Waals surface area contributed by atoms with Crippen LogP contribution in [0.2, 0.25) is 0 Å². The topological polar surface area (TPSA) is 92.5 Å². The molecule has 0 saturated heterocycles. The van der Waals surface area contributed by atoms with E-state index in [1.807, 2.05) is 19.1 Å². The van der Waals surface area contributed by atoms with Gasteiger partial charge < -0.3 is 11.1 Å². The summed E-state index contributed by atoms with van der Waals surface area (Å²) in [6.45, 7) is 2.53. The van der Waals surface area contributed by atoms with E-state index in [0.29, 0.717) is 13.0 Å². The predicted molar refractivity (Wildman–Crippen MR) is 106 cm³/mol. The third kappa shape index (κ3) is 3.96. The summed E-state index contributed by atoms with van der Waals surface area (Å²) >= 11 is 1.48. The molecule has 8 heteroatoms. The van der Waals surface area contributed by atoms with Crippen LogP contribution >= 0.6 is 11.3 Å². The van der Waals surface area contributed by atoms with Crippen LogP contribution in [0.3, 0.4) is 0 Å². The Kier molecular flexibility index (Phi) is 4.83. The Morgan fingerprint density at radius 3 is 2.81 bits per heavy atom. The quantitative estimate of drug-likeness (QED) is 0.475. The maximum Gasteiger partial charge on any atom is 0.206 e. The second-order valence-electron chi connectivity index (χ2n) is 6.45. The number of anilines is 1. The van der Waals surface area contributed by atoms with Gasteiger partial charge in [-0.1, -0.05) is 23.5 Å². The molecule has 6 nitrogen and oxygen atoms in total. The van der Waals surface area contributed by atoms with E-state index in [0.717, 1.165) is 37.9 Å². The lowest BCUT2D eigenvalue weighted by Gasteiger charge is -2.11. The average molecular weight is 382 g/mol. The van der Waals surface area contributed by atoms with E-state index in [2.05, 4.69) is 31.8 Å². The summed E-state index contributed by atoms with van der Waals surface area (Å²) < 4.78 is 13.0. The van der Waals surface area contributed by atoms with E-state index in [4.69, 9.17) is 5.73 Å². The SMILES string of the molecule is Cc1n[nH]c2ccc(-c3nnc(NC[C@@H](N)Cc4ccc(F)cc4)s3)cc12. The van der Waals surface area contributed by atoms with Crippen molar-refractivity contribution in [1.29, 1.82) is 0 Å². The number of benzene rings is 2. The number of nitrogens with zero attached hydrogens (tertiary/aromatic N) is 3. The van der Waals surface area contributed by atoms with Gasteiger partial charge in [-0.15, -0.1) is 10.2 Å². The fourth-order valence-corrected chi connectivity index (χ4v) is 3.65. The molecule has 0 spiro atoms.